The zero-order chi connectivity index (χ0) is 11.5. The van der Waals surface area contributed by atoms with Crippen molar-refractivity contribution in [2.75, 3.05) is 5.75 Å². The largest absolute Gasteiger partial charge is 0.259 e. The Labute approximate surface area is 102 Å². The van der Waals surface area contributed by atoms with Gasteiger partial charge in [-0.3, -0.25) is 9.19 Å². The molecular formula is C11H16BrNOS. The Bertz CT molecular complexity index is 343. The molecular weight excluding hydrogens is 274 g/mol. The van der Waals surface area contributed by atoms with Crippen LogP contribution >= 0.6 is 15.9 Å². The summed E-state index contributed by atoms with van der Waals surface area (Å²) >= 11 is 3.32. The summed E-state index contributed by atoms with van der Waals surface area (Å²) in [5.74, 6) is 1.26. The van der Waals surface area contributed by atoms with E-state index < -0.39 is 10.8 Å². The van der Waals surface area contributed by atoms with Gasteiger partial charge >= 0.3 is 0 Å². The van der Waals surface area contributed by atoms with Gasteiger partial charge in [-0.25, -0.2) is 0 Å². The van der Waals surface area contributed by atoms with Gasteiger partial charge in [0.1, 0.15) is 0 Å². The number of aromatic nitrogens is 1. The van der Waals surface area contributed by atoms with Crippen molar-refractivity contribution in [1.29, 1.82) is 0 Å². The Balaban J connectivity index is 2.55. The van der Waals surface area contributed by atoms with Crippen LogP contribution in [-0.4, -0.2) is 14.9 Å². The van der Waals surface area contributed by atoms with E-state index in [4.69, 9.17) is 0 Å². The van der Waals surface area contributed by atoms with Gasteiger partial charge in [-0.05, 0) is 33.5 Å². The third kappa shape index (κ3) is 5.42. The van der Waals surface area contributed by atoms with E-state index in [-0.39, 0.29) is 5.41 Å². The van der Waals surface area contributed by atoms with Crippen molar-refractivity contribution in [3.63, 3.8) is 0 Å². The molecule has 0 spiro atoms. The predicted octanol–water partition coefficient (Wildman–Crippen LogP) is 3.14. The molecule has 1 atom stereocenters. The average Bonchev–Trinajstić information content (AvgIpc) is 2.05. The molecule has 1 aromatic rings. The number of pyridine rings is 1. The van der Waals surface area contributed by atoms with E-state index in [1.165, 1.54) is 0 Å². The zero-order valence-corrected chi connectivity index (χ0v) is 11.7. The van der Waals surface area contributed by atoms with Crippen molar-refractivity contribution in [2.24, 2.45) is 5.41 Å². The molecule has 0 aliphatic rings. The molecule has 0 aliphatic carbocycles. The van der Waals surface area contributed by atoms with Crippen LogP contribution in [0.2, 0.25) is 0 Å². The Morgan fingerprint density at radius 3 is 2.53 bits per heavy atom. The molecule has 0 fully saturated rings. The van der Waals surface area contributed by atoms with Crippen molar-refractivity contribution >= 4 is 26.7 Å². The number of rotatable bonds is 3. The van der Waals surface area contributed by atoms with Gasteiger partial charge < -0.3 is 0 Å². The molecule has 2 nitrogen and oxygen atoms in total. The smallest absolute Gasteiger partial charge is 0.0659 e. The first-order valence-corrected chi connectivity index (χ1v) is 7.10. The quantitative estimate of drug-likeness (QED) is 0.856. The van der Waals surface area contributed by atoms with E-state index in [2.05, 4.69) is 41.7 Å². The highest BCUT2D eigenvalue weighted by Gasteiger charge is 2.15. The lowest BCUT2D eigenvalue weighted by atomic mass is 10.0. The van der Waals surface area contributed by atoms with Crippen LogP contribution in [-0.2, 0) is 16.6 Å². The number of halogens is 1. The summed E-state index contributed by atoms with van der Waals surface area (Å²) in [6, 6.07) is 3.83. The van der Waals surface area contributed by atoms with Gasteiger partial charge in [0, 0.05) is 27.2 Å². The Hall–Kier alpha value is -0.220. The highest BCUT2D eigenvalue weighted by atomic mass is 79.9. The third-order valence-corrected chi connectivity index (χ3v) is 3.97. The molecule has 0 radical (unpaired) electrons. The molecule has 0 N–H and O–H groups in total. The van der Waals surface area contributed by atoms with Crippen LogP contribution in [0.1, 0.15) is 26.5 Å². The van der Waals surface area contributed by atoms with Crippen LogP contribution < -0.4 is 0 Å². The monoisotopic (exact) mass is 289 g/mol. The lowest BCUT2D eigenvalue weighted by Gasteiger charge is -2.16. The fourth-order valence-electron chi connectivity index (χ4n) is 1.19. The molecule has 0 saturated heterocycles. The minimum absolute atomic E-state index is 0.111. The molecule has 0 saturated carbocycles. The maximum absolute atomic E-state index is 11.8. The van der Waals surface area contributed by atoms with E-state index in [1.807, 2.05) is 12.1 Å². The fraction of sp³-hybridized carbons (Fsp3) is 0.545. The van der Waals surface area contributed by atoms with Crippen molar-refractivity contribution < 1.29 is 4.21 Å². The van der Waals surface area contributed by atoms with Crippen LogP contribution in [0, 0.1) is 5.41 Å². The first-order chi connectivity index (χ1) is 6.87. The van der Waals surface area contributed by atoms with Gasteiger partial charge in [0.05, 0.1) is 11.4 Å². The molecule has 4 heteroatoms. The molecule has 1 aromatic heterocycles. The second-order valence-electron chi connectivity index (χ2n) is 4.76. The van der Waals surface area contributed by atoms with Crippen molar-refractivity contribution in [1.82, 2.24) is 4.98 Å². The van der Waals surface area contributed by atoms with Gasteiger partial charge in [0.2, 0.25) is 0 Å². The number of hydrogen-bond acceptors (Lipinski definition) is 2. The van der Waals surface area contributed by atoms with E-state index in [1.54, 1.807) is 6.20 Å². The van der Waals surface area contributed by atoms with E-state index in [0.717, 1.165) is 10.2 Å². The summed E-state index contributed by atoms with van der Waals surface area (Å²) in [6.45, 7) is 6.29. The van der Waals surface area contributed by atoms with Crippen molar-refractivity contribution in [2.45, 2.75) is 26.5 Å². The Morgan fingerprint density at radius 1 is 1.40 bits per heavy atom. The normalized spacial score (nSPS) is 13.9. The fourth-order valence-corrected chi connectivity index (χ4v) is 2.99. The lowest BCUT2D eigenvalue weighted by Crippen LogP contribution is -2.17. The second kappa shape index (κ2) is 5.21. The highest BCUT2D eigenvalue weighted by Crippen LogP contribution is 2.16. The first kappa shape index (κ1) is 12.8. The predicted molar refractivity (Wildman–Crippen MR) is 68.1 cm³/mol. The van der Waals surface area contributed by atoms with Crippen molar-refractivity contribution in [3.8, 4) is 0 Å². The Kier molecular flexibility index (Phi) is 4.46. The molecule has 0 bridgehead atoms. The van der Waals surface area contributed by atoms with Gasteiger partial charge in [-0.1, -0.05) is 20.8 Å². The summed E-state index contributed by atoms with van der Waals surface area (Å²) < 4.78 is 12.7. The summed E-state index contributed by atoms with van der Waals surface area (Å²) in [4.78, 5) is 4.21. The van der Waals surface area contributed by atoms with Gasteiger partial charge in [0.25, 0.3) is 0 Å². The first-order valence-electron chi connectivity index (χ1n) is 4.82. The van der Waals surface area contributed by atoms with E-state index >= 15 is 0 Å². The molecule has 0 amide bonds. The SMILES string of the molecule is CC(C)(C)CS(=O)Cc1ccc(Br)cn1. The van der Waals surface area contributed by atoms with Crippen LogP contribution in [0.4, 0.5) is 0 Å². The maximum atomic E-state index is 11.8. The number of nitrogens with zero attached hydrogens (tertiary/aromatic N) is 1. The van der Waals surface area contributed by atoms with Crippen LogP contribution in [0.15, 0.2) is 22.8 Å². The Morgan fingerprint density at radius 2 is 2.07 bits per heavy atom. The van der Waals surface area contributed by atoms with Crippen molar-refractivity contribution in [3.05, 3.63) is 28.5 Å². The molecule has 1 heterocycles. The molecule has 15 heavy (non-hydrogen) atoms. The minimum Gasteiger partial charge on any atom is -0.259 e. The molecule has 1 unspecified atom stereocenters. The maximum Gasteiger partial charge on any atom is 0.0659 e. The summed E-state index contributed by atoms with van der Waals surface area (Å²) in [5, 5.41) is 0. The van der Waals surface area contributed by atoms with Crippen LogP contribution in [0.5, 0.6) is 0 Å². The molecule has 0 aromatic carbocycles. The topological polar surface area (TPSA) is 30.0 Å². The van der Waals surface area contributed by atoms with E-state index in [0.29, 0.717) is 11.5 Å². The standard InChI is InChI=1S/C11H16BrNOS/c1-11(2,3)8-15(14)7-10-5-4-9(12)6-13-10/h4-6H,7-8H2,1-3H3. The number of hydrogen-bond donors (Lipinski definition) is 0. The zero-order valence-electron chi connectivity index (χ0n) is 9.29. The van der Waals surface area contributed by atoms with Crippen LogP contribution in [0.25, 0.3) is 0 Å². The van der Waals surface area contributed by atoms with E-state index in [9.17, 15) is 4.21 Å². The summed E-state index contributed by atoms with van der Waals surface area (Å²) in [7, 11) is -0.825. The summed E-state index contributed by atoms with van der Waals surface area (Å²) in [6.07, 6.45) is 1.74. The molecule has 0 aliphatic heterocycles. The summed E-state index contributed by atoms with van der Waals surface area (Å²) in [5.41, 5.74) is 1.00. The second-order valence-corrected chi connectivity index (χ2v) is 7.13. The van der Waals surface area contributed by atoms with Gasteiger partial charge in [-0.2, -0.15) is 0 Å². The lowest BCUT2D eigenvalue weighted by molar-refractivity contribution is 0.473. The molecule has 84 valence electrons. The van der Waals surface area contributed by atoms with Gasteiger partial charge in [0.15, 0.2) is 0 Å². The minimum atomic E-state index is -0.825. The van der Waals surface area contributed by atoms with Gasteiger partial charge in [-0.15, -0.1) is 0 Å². The van der Waals surface area contributed by atoms with Crippen LogP contribution in [0.3, 0.4) is 0 Å². The molecule has 1 rings (SSSR count). The average molecular weight is 290 g/mol. The highest BCUT2D eigenvalue weighted by molar-refractivity contribution is 9.10. The third-order valence-electron chi connectivity index (χ3n) is 1.69.